The lowest BCUT2D eigenvalue weighted by molar-refractivity contribution is 0.503. The second kappa shape index (κ2) is 8.48. The van der Waals surface area contributed by atoms with Crippen molar-refractivity contribution < 1.29 is 0 Å². The Labute approximate surface area is 127 Å². The van der Waals surface area contributed by atoms with E-state index in [9.17, 15) is 0 Å². The van der Waals surface area contributed by atoms with E-state index < -0.39 is 0 Å². The summed E-state index contributed by atoms with van der Waals surface area (Å²) in [4.78, 5) is 0. The smallest absolute Gasteiger partial charge is 0.0328 e. The average Bonchev–Trinajstić information content (AvgIpc) is 2.33. The quantitative estimate of drug-likeness (QED) is 0.476. The summed E-state index contributed by atoms with van der Waals surface area (Å²) < 4.78 is 2.52. The number of benzene rings is 1. The van der Waals surface area contributed by atoms with Gasteiger partial charge in [-0.1, -0.05) is 48.5 Å². The molecule has 0 amide bonds. The Balaban J connectivity index is 2.62. The molecule has 3 heteroatoms. The Bertz CT molecular complexity index is 341. The van der Waals surface area contributed by atoms with Gasteiger partial charge >= 0.3 is 0 Å². The monoisotopic (exact) mass is 409 g/mol. The van der Waals surface area contributed by atoms with Crippen molar-refractivity contribution in [3.8, 4) is 0 Å². The van der Waals surface area contributed by atoms with Gasteiger partial charge in [0.25, 0.3) is 0 Å². The Hall–Kier alpha value is 0.390. The van der Waals surface area contributed by atoms with Crippen LogP contribution in [0.2, 0.25) is 0 Å². The van der Waals surface area contributed by atoms with Crippen LogP contribution in [-0.2, 0) is 0 Å². The Morgan fingerprint density at radius 2 is 2.06 bits per heavy atom. The second-order valence-corrected chi connectivity index (χ2v) is 6.43. The van der Waals surface area contributed by atoms with E-state index in [1.807, 2.05) is 0 Å². The molecule has 1 rings (SSSR count). The molecule has 1 nitrogen and oxygen atoms in total. The SMILES string of the molecule is CCCCCCC(NC)c1cc(Br)ccc1I. The summed E-state index contributed by atoms with van der Waals surface area (Å²) in [6.45, 7) is 2.26. The topological polar surface area (TPSA) is 12.0 Å². The molecule has 1 atom stereocenters. The van der Waals surface area contributed by atoms with Gasteiger partial charge in [-0.2, -0.15) is 0 Å². The summed E-state index contributed by atoms with van der Waals surface area (Å²) >= 11 is 5.98. The van der Waals surface area contributed by atoms with Crippen molar-refractivity contribution in [1.82, 2.24) is 5.32 Å². The van der Waals surface area contributed by atoms with Crippen molar-refractivity contribution in [3.63, 3.8) is 0 Å². The molecule has 1 aromatic carbocycles. The number of rotatable bonds is 7. The molecule has 0 aliphatic carbocycles. The maximum Gasteiger partial charge on any atom is 0.0328 e. The molecule has 1 unspecified atom stereocenters. The zero-order valence-electron chi connectivity index (χ0n) is 10.6. The number of halogens is 2. The standard InChI is InChI=1S/C14H21BrIN/c1-3-4-5-6-7-14(17-2)12-10-11(15)8-9-13(12)16/h8-10,14,17H,3-7H2,1-2H3. The zero-order valence-corrected chi connectivity index (χ0v) is 14.3. The van der Waals surface area contributed by atoms with Crippen LogP contribution in [-0.4, -0.2) is 7.05 Å². The molecule has 96 valence electrons. The first-order valence-corrected chi connectivity index (χ1v) is 8.18. The lowest BCUT2D eigenvalue weighted by Crippen LogP contribution is -2.17. The molecule has 0 bridgehead atoms. The first-order valence-electron chi connectivity index (χ1n) is 6.31. The maximum absolute atomic E-state index is 3.56. The van der Waals surface area contributed by atoms with Gasteiger partial charge in [-0.15, -0.1) is 0 Å². The van der Waals surface area contributed by atoms with Gasteiger partial charge in [-0.3, -0.25) is 0 Å². The normalized spacial score (nSPS) is 12.7. The number of hydrogen-bond acceptors (Lipinski definition) is 1. The number of nitrogens with one attached hydrogen (secondary N) is 1. The Kier molecular flexibility index (Phi) is 7.71. The fourth-order valence-electron chi connectivity index (χ4n) is 2.01. The summed E-state index contributed by atoms with van der Waals surface area (Å²) in [6.07, 6.45) is 6.54. The molecule has 0 aromatic heterocycles. The molecule has 1 aromatic rings. The van der Waals surface area contributed by atoms with E-state index in [1.54, 1.807) is 0 Å². The van der Waals surface area contributed by atoms with E-state index in [0.29, 0.717) is 6.04 Å². The van der Waals surface area contributed by atoms with Crippen LogP contribution in [0.1, 0.15) is 50.6 Å². The molecule has 0 aliphatic rings. The van der Waals surface area contributed by atoms with Crippen LogP contribution in [0.25, 0.3) is 0 Å². The first kappa shape index (κ1) is 15.4. The van der Waals surface area contributed by atoms with E-state index in [0.717, 1.165) is 0 Å². The van der Waals surface area contributed by atoms with Gasteiger partial charge in [0, 0.05) is 14.1 Å². The number of hydrogen-bond donors (Lipinski definition) is 1. The molecule has 17 heavy (non-hydrogen) atoms. The zero-order chi connectivity index (χ0) is 12.7. The van der Waals surface area contributed by atoms with E-state index in [-0.39, 0.29) is 0 Å². The van der Waals surface area contributed by atoms with Crippen molar-refractivity contribution in [1.29, 1.82) is 0 Å². The summed E-state index contributed by atoms with van der Waals surface area (Å²) in [5.74, 6) is 0. The third-order valence-corrected chi connectivity index (χ3v) is 4.50. The van der Waals surface area contributed by atoms with Gasteiger partial charge in [0.05, 0.1) is 0 Å². The van der Waals surface area contributed by atoms with E-state index in [2.05, 4.69) is 76.0 Å². The molecule has 0 saturated heterocycles. The van der Waals surface area contributed by atoms with Crippen molar-refractivity contribution in [2.24, 2.45) is 0 Å². The first-order chi connectivity index (χ1) is 8.19. The predicted molar refractivity (Wildman–Crippen MR) is 87.4 cm³/mol. The molecule has 1 N–H and O–H groups in total. The third kappa shape index (κ3) is 5.26. The minimum Gasteiger partial charge on any atom is -0.313 e. The van der Waals surface area contributed by atoms with Crippen LogP contribution >= 0.6 is 38.5 Å². The lowest BCUT2D eigenvalue weighted by Gasteiger charge is -2.18. The summed E-state index contributed by atoms with van der Waals surface area (Å²) in [5, 5.41) is 3.44. The minimum absolute atomic E-state index is 0.483. The average molecular weight is 410 g/mol. The van der Waals surface area contributed by atoms with Crippen LogP contribution in [0.15, 0.2) is 22.7 Å². The largest absolute Gasteiger partial charge is 0.313 e. The van der Waals surface area contributed by atoms with Crippen molar-refractivity contribution in [2.45, 2.75) is 45.1 Å². The molecule has 0 spiro atoms. The van der Waals surface area contributed by atoms with Crippen LogP contribution in [0.4, 0.5) is 0 Å². The predicted octanol–water partition coefficient (Wildman–Crippen LogP) is 5.28. The highest BCUT2D eigenvalue weighted by Gasteiger charge is 2.12. The van der Waals surface area contributed by atoms with Gasteiger partial charge in [0.2, 0.25) is 0 Å². The van der Waals surface area contributed by atoms with Crippen molar-refractivity contribution in [2.75, 3.05) is 7.05 Å². The van der Waals surface area contributed by atoms with Gasteiger partial charge in [-0.25, -0.2) is 0 Å². The summed E-state index contributed by atoms with van der Waals surface area (Å²) in [6, 6.07) is 7.00. The maximum atomic E-state index is 3.56. The van der Waals surface area contributed by atoms with Gasteiger partial charge in [-0.05, 0) is 59.8 Å². The van der Waals surface area contributed by atoms with E-state index >= 15 is 0 Å². The minimum atomic E-state index is 0.483. The Morgan fingerprint density at radius 1 is 1.29 bits per heavy atom. The third-order valence-electron chi connectivity index (χ3n) is 3.03. The van der Waals surface area contributed by atoms with Gasteiger partial charge < -0.3 is 5.32 Å². The molecule has 0 saturated carbocycles. The fraction of sp³-hybridized carbons (Fsp3) is 0.571. The summed E-state index contributed by atoms with van der Waals surface area (Å²) in [5.41, 5.74) is 1.42. The fourth-order valence-corrected chi connectivity index (χ4v) is 3.10. The van der Waals surface area contributed by atoms with Crippen LogP contribution in [0.3, 0.4) is 0 Å². The molecule has 0 heterocycles. The van der Waals surface area contributed by atoms with E-state index in [4.69, 9.17) is 0 Å². The molecule has 0 fully saturated rings. The van der Waals surface area contributed by atoms with Crippen LogP contribution in [0.5, 0.6) is 0 Å². The highest BCUT2D eigenvalue weighted by Crippen LogP contribution is 2.27. The van der Waals surface area contributed by atoms with Crippen molar-refractivity contribution in [3.05, 3.63) is 31.8 Å². The molecular weight excluding hydrogens is 389 g/mol. The summed E-state index contributed by atoms with van der Waals surface area (Å²) in [7, 11) is 2.06. The van der Waals surface area contributed by atoms with Crippen LogP contribution in [0, 0.1) is 3.57 Å². The number of unbranched alkanes of at least 4 members (excludes halogenated alkanes) is 3. The van der Waals surface area contributed by atoms with Crippen molar-refractivity contribution >= 4 is 38.5 Å². The lowest BCUT2D eigenvalue weighted by atomic mass is 10.0. The highest BCUT2D eigenvalue weighted by atomic mass is 127. The molecular formula is C14H21BrIN. The van der Waals surface area contributed by atoms with Gasteiger partial charge in [0.15, 0.2) is 0 Å². The molecule has 0 radical (unpaired) electrons. The van der Waals surface area contributed by atoms with Crippen LogP contribution < -0.4 is 5.32 Å². The highest BCUT2D eigenvalue weighted by molar-refractivity contribution is 14.1. The van der Waals surface area contributed by atoms with E-state index in [1.165, 1.54) is 45.7 Å². The van der Waals surface area contributed by atoms with Gasteiger partial charge in [0.1, 0.15) is 0 Å². The Morgan fingerprint density at radius 3 is 2.71 bits per heavy atom. The molecule has 0 aliphatic heterocycles. The second-order valence-electron chi connectivity index (χ2n) is 4.36.